The first-order valence-corrected chi connectivity index (χ1v) is 10.6. The second kappa shape index (κ2) is 10.5. The molecule has 0 saturated carbocycles. The van der Waals surface area contributed by atoms with E-state index in [1.54, 1.807) is 0 Å². The molecule has 0 N–H and O–H groups in total. The summed E-state index contributed by atoms with van der Waals surface area (Å²) in [4.78, 5) is 27.9. The number of likely N-dealkylation sites (N-methyl/N-ethyl adjacent to an activating group) is 1. The van der Waals surface area contributed by atoms with Gasteiger partial charge < -0.3 is 9.38 Å². The maximum Gasteiger partial charge on any atom is 0.231 e. The van der Waals surface area contributed by atoms with Crippen LogP contribution < -0.4 is 0 Å². The molecule has 1 radical (unpaired) electrons. The molecule has 2 aliphatic rings. The van der Waals surface area contributed by atoms with Crippen LogP contribution >= 0.6 is 0 Å². The van der Waals surface area contributed by atoms with Gasteiger partial charge in [0.2, 0.25) is 5.91 Å². The van der Waals surface area contributed by atoms with Crippen molar-refractivity contribution in [3.05, 3.63) is 34.9 Å². The maximum atomic E-state index is 13.0. The fraction of sp³-hybridized carbons (Fsp3) is 0.652. The Hall–Kier alpha value is -0.576. The fourth-order valence-electron chi connectivity index (χ4n) is 5.02. The molecule has 151 valence electrons. The van der Waals surface area contributed by atoms with Gasteiger partial charge in [0, 0.05) is 52.2 Å². The Balaban J connectivity index is 0.00000280. The van der Waals surface area contributed by atoms with Crippen molar-refractivity contribution in [2.45, 2.75) is 52.9 Å². The molecule has 2 atom stereocenters. The van der Waals surface area contributed by atoms with Crippen LogP contribution in [0.5, 0.6) is 0 Å². The molecule has 0 bridgehead atoms. The third-order valence-electron chi connectivity index (χ3n) is 6.76. The van der Waals surface area contributed by atoms with Crippen molar-refractivity contribution >= 4 is 11.7 Å². The number of quaternary nitrogens is 1. The van der Waals surface area contributed by atoms with Crippen LogP contribution in [0.3, 0.4) is 0 Å². The largest absolute Gasteiger partial charge is 0.342 e. The van der Waals surface area contributed by atoms with Crippen molar-refractivity contribution in [1.82, 2.24) is 4.90 Å². The van der Waals surface area contributed by atoms with Crippen molar-refractivity contribution in [3.8, 4) is 0 Å². The van der Waals surface area contributed by atoms with E-state index in [2.05, 4.69) is 43.9 Å². The van der Waals surface area contributed by atoms with E-state index in [9.17, 15) is 9.59 Å². The minimum atomic E-state index is 0. The standard InChI is InChI=1S/C23H35N2O2.Y/c1-4-25(17-21(26)15-22-18(2)9-7-10-19(22)3)14-8-11-20(16-25)23(27)24-12-5-6-13-24;/h7,9-10,20H,4-6,8,11-17H2,1-3H3;/q+1;. The van der Waals surface area contributed by atoms with E-state index in [1.165, 1.54) is 16.7 Å². The molecule has 0 aliphatic carbocycles. The van der Waals surface area contributed by atoms with Crippen LogP contribution in [0, 0.1) is 19.8 Å². The van der Waals surface area contributed by atoms with Crippen LogP contribution in [0.2, 0.25) is 0 Å². The number of rotatable bonds is 6. The molecule has 2 unspecified atom stereocenters. The zero-order valence-corrected chi connectivity index (χ0v) is 20.7. The number of likely N-dealkylation sites (tertiary alicyclic amines) is 2. The number of amides is 1. The van der Waals surface area contributed by atoms with Crippen LogP contribution in [0.25, 0.3) is 0 Å². The van der Waals surface area contributed by atoms with Crippen molar-refractivity contribution < 1.29 is 46.8 Å². The molecule has 2 heterocycles. The molecule has 5 heteroatoms. The summed E-state index contributed by atoms with van der Waals surface area (Å²) in [5.74, 6) is 0.749. The smallest absolute Gasteiger partial charge is 0.231 e. The quantitative estimate of drug-likeness (QED) is 0.612. The van der Waals surface area contributed by atoms with E-state index in [0.29, 0.717) is 24.7 Å². The van der Waals surface area contributed by atoms with E-state index < -0.39 is 0 Å². The van der Waals surface area contributed by atoms with Crippen LogP contribution in [0.15, 0.2) is 18.2 Å². The summed E-state index contributed by atoms with van der Waals surface area (Å²) in [5, 5.41) is 0. The molecule has 1 amide bonds. The molecule has 3 rings (SSSR count). The second-order valence-corrected chi connectivity index (χ2v) is 8.68. The summed E-state index contributed by atoms with van der Waals surface area (Å²) < 4.78 is 0.786. The third-order valence-corrected chi connectivity index (χ3v) is 6.76. The third kappa shape index (κ3) is 5.52. The SMILES string of the molecule is CC[N+]1(CC(=O)Cc2c(C)cccc2C)CCCC(C(=O)N2CCCC2)C1.[Y]. The number of hydrogen-bond acceptors (Lipinski definition) is 2. The normalized spacial score (nSPS) is 24.7. The summed E-state index contributed by atoms with van der Waals surface area (Å²) in [6.45, 7) is 11.6. The number of aryl methyl sites for hydroxylation is 2. The van der Waals surface area contributed by atoms with Crippen molar-refractivity contribution in [3.63, 3.8) is 0 Å². The van der Waals surface area contributed by atoms with E-state index in [0.717, 1.165) is 62.9 Å². The summed E-state index contributed by atoms with van der Waals surface area (Å²) in [6.07, 6.45) is 4.83. The van der Waals surface area contributed by atoms with E-state index in [-0.39, 0.29) is 38.6 Å². The number of carbonyl (C=O) groups is 2. The number of Topliss-reactive ketones (excluding diaryl/α,β-unsaturated/α-hetero) is 1. The number of nitrogens with zero attached hydrogens (tertiary/aromatic N) is 2. The van der Waals surface area contributed by atoms with Crippen LogP contribution in [-0.2, 0) is 48.7 Å². The predicted molar refractivity (Wildman–Crippen MR) is 109 cm³/mol. The molecule has 2 fully saturated rings. The molecule has 2 saturated heterocycles. The van der Waals surface area contributed by atoms with Gasteiger partial charge in [0.1, 0.15) is 6.54 Å². The van der Waals surface area contributed by atoms with Gasteiger partial charge >= 0.3 is 0 Å². The zero-order valence-electron chi connectivity index (χ0n) is 17.9. The minimum absolute atomic E-state index is 0. The topological polar surface area (TPSA) is 37.4 Å². The van der Waals surface area contributed by atoms with Gasteiger partial charge in [0.25, 0.3) is 0 Å². The molecular weight excluding hydrogens is 425 g/mol. The van der Waals surface area contributed by atoms with Crippen LogP contribution in [0.1, 0.15) is 49.3 Å². The Morgan fingerprint density at radius 1 is 1.11 bits per heavy atom. The van der Waals surface area contributed by atoms with E-state index in [1.807, 2.05) is 0 Å². The number of benzene rings is 1. The molecular formula is C23H35N2O2Y+. The van der Waals surface area contributed by atoms with Gasteiger partial charge in [-0.05, 0) is 63.1 Å². The summed E-state index contributed by atoms with van der Waals surface area (Å²) >= 11 is 0. The van der Waals surface area contributed by atoms with E-state index in [4.69, 9.17) is 0 Å². The first kappa shape index (κ1) is 23.7. The van der Waals surface area contributed by atoms with Gasteiger partial charge in [-0.3, -0.25) is 9.59 Å². The Morgan fingerprint density at radius 3 is 2.36 bits per heavy atom. The Morgan fingerprint density at radius 2 is 1.75 bits per heavy atom. The molecule has 4 nitrogen and oxygen atoms in total. The zero-order chi connectivity index (χ0) is 19.4. The molecule has 1 aromatic carbocycles. The fourth-order valence-corrected chi connectivity index (χ4v) is 5.02. The molecule has 28 heavy (non-hydrogen) atoms. The van der Waals surface area contributed by atoms with Gasteiger partial charge in [-0.25, -0.2) is 0 Å². The van der Waals surface area contributed by atoms with Crippen molar-refractivity contribution in [2.24, 2.45) is 5.92 Å². The average molecular weight is 460 g/mol. The number of ketones is 1. The molecule has 0 spiro atoms. The number of piperidine rings is 1. The first-order chi connectivity index (χ1) is 12.9. The van der Waals surface area contributed by atoms with Crippen LogP contribution in [0.4, 0.5) is 0 Å². The van der Waals surface area contributed by atoms with E-state index >= 15 is 0 Å². The first-order valence-electron chi connectivity index (χ1n) is 10.6. The maximum absolute atomic E-state index is 13.0. The second-order valence-electron chi connectivity index (χ2n) is 8.68. The summed E-state index contributed by atoms with van der Waals surface area (Å²) in [5.41, 5.74) is 3.58. The Labute approximate surface area is 195 Å². The summed E-state index contributed by atoms with van der Waals surface area (Å²) in [7, 11) is 0. The average Bonchev–Trinajstić information content (AvgIpc) is 3.19. The molecule has 1 aromatic rings. The van der Waals surface area contributed by atoms with Crippen molar-refractivity contribution in [1.29, 1.82) is 0 Å². The molecule has 0 aromatic heterocycles. The summed E-state index contributed by atoms with van der Waals surface area (Å²) in [6, 6.07) is 6.23. The number of carbonyl (C=O) groups excluding carboxylic acids is 2. The van der Waals surface area contributed by atoms with Crippen molar-refractivity contribution in [2.75, 3.05) is 39.3 Å². The van der Waals surface area contributed by atoms with Gasteiger partial charge in [0.15, 0.2) is 5.78 Å². The van der Waals surface area contributed by atoms with Gasteiger partial charge in [-0.15, -0.1) is 0 Å². The molecule has 2 aliphatic heterocycles. The monoisotopic (exact) mass is 460 g/mol. The minimum Gasteiger partial charge on any atom is -0.342 e. The van der Waals surface area contributed by atoms with Crippen LogP contribution in [-0.4, -0.2) is 60.3 Å². The number of hydrogen-bond donors (Lipinski definition) is 0. The van der Waals surface area contributed by atoms with Gasteiger partial charge in [-0.2, -0.15) is 0 Å². The Bertz CT molecular complexity index is 680. The van der Waals surface area contributed by atoms with Gasteiger partial charge in [-0.1, -0.05) is 18.2 Å². The van der Waals surface area contributed by atoms with Gasteiger partial charge in [0.05, 0.1) is 25.6 Å². The Kier molecular flexibility index (Phi) is 8.85. The predicted octanol–water partition coefficient (Wildman–Crippen LogP) is 3.28.